The van der Waals surface area contributed by atoms with Crippen molar-refractivity contribution in [1.29, 1.82) is 0 Å². The molecule has 3 N–H and O–H groups in total. The molecule has 0 bridgehead atoms. The Balaban J connectivity index is 1.56. The van der Waals surface area contributed by atoms with Crippen LogP contribution in [0.25, 0.3) is 0 Å². The van der Waals surface area contributed by atoms with Crippen LogP contribution in [-0.4, -0.2) is 11.9 Å². The van der Waals surface area contributed by atoms with E-state index in [2.05, 4.69) is 16.0 Å². The van der Waals surface area contributed by atoms with Crippen molar-refractivity contribution in [3.05, 3.63) is 90.0 Å². The fourth-order valence-corrected chi connectivity index (χ4v) is 2.76. The van der Waals surface area contributed by atoms with Crippen molar-refractivity contribution in [3.8, 4) is 5.75 Å². The Morgan fingerprint density at radius 1 is 0.862 bits per heavy atom. The zero-order chi connectivity index (χ0) is 20.5. The number of carbonyl (C=O) groups excluding carboxylic acids is 2. The molecule has 148 valence electrons. The van der Waals surface area contributed by atoms with E-state index in [-0.39, 0.29) is 11.9 Å². The maximum Gasteiger partial charge on any atom is 0.319 e. The molecular formula is C23H23N3O3. The molecule has 6 nitrogen and oxygen atoms in total. The second-order valence-electron chi connectivity index (χ2n) is 6.45. The number of carbonyl (C=O) groups is 2. The van der Waals surface area contributed by atoms with Crippen LogP contribution < -0.4 is 20.7 Å². The molecule has 0 aliphatic heterocycles. The number of rotatable bonds is 7. The zero-order valence-corrected chi connectivity index (χ0v) is 16.1. The second kappa shape index (κ2) is 9.94. The molecule has 3 aromatic rings. The predicted molar refractivity (Wildman–Crippen MR) is 114 cm³/mol. The lowest BCUT2D eigenvalue weighted by molar-refractivity contribution is -0.114. The largest absolute Gasteiger partial charge is 0.489 e. The van der Waals surface area contributed by atoms with E-state index in [1.165, 1.54) is 6.92 Å². The highest BCUT2D eigenvalue weighted by Crippen LogP contribution is 2.18. The van der Waals surface area contributed by atoms with Crippen LogP contribution in [0.4, 0.5) is 16.2 Å². The number of para-hydroxylation sites is 2. The molecular weight excluding hydrogens is 366 g/mol. The summed E-state index contributed by atoms with van der Waals surface area (Å²) in [6, 6.07) is 24.0. The van der Waals surface area contributed by atoms with E-state index in [4.69, 9.17) is 4.74 Å². The minimum Gasteiger partial charge on any atom is -0.489 e. The molecule has 6 heteroatoms. The van der Waals surface area contributed by atoms with Crippen LogP contribution in [-0.2, 0) is 17.9 Å². The average Bonchev–Trinajstić information content (AvgIpc) is 2.72. The smallest absolute Gasteiger partial charge is 0.319 e. The molecule has 0 radical (unpaired) electrons. The molecule has 0 aliphatic rings. The number of hydrogen-bond acceptors (Lipinski definition) is 3. The van der Waals surface area contributed by atoms with Gasteiger partial charge in [-0.25, -0.2) is 4.79 Å². The standard InChI is InChI=1S/C23H23N3O3/c1-17(27)25-20-10-7-8-18(14-20)15-24-23(28)26-22-13-6-5-9-19(22)16-29-21-11-3-2-4-12-21/h2-14H,15-16H2,1H3,(H,25,27)(H2,24,26,28). The van der Waals surface area contributed by atoms with Gasteiger partial charge in [-0.2, -0.15) is 0 Å². The maximum atomic E-state index is 12.3. The van der Waals surface area contributed by atoms with Gasteiger partial charge >= 0.3 is 6.03 Å². The van der Waals surface area contributed by atoms with Gasteiger partial charge in [-0.1, -0.05) is 48.5 Å². The Labute approximate surface area is 169 Å². The monoisotopic (exact) mass is 389 g/mol. The van der Waals surface area contributed by atoms with Crippen LogP contribution in [0.3, 0.4) is 0 Å². The maximum absolute atomic E-state index is 12.3. The first kappa shape index (κ1) is 19.9. The fraction of sp³-hybridized carbons (Fsp3) is 0.130. The lowest BCUT2D eigenvalue weighted by atomic mass is 10.2. The van der Waals surface area contributed by atoms with Gasteiger partial charge in [0.2, 0.25) is 5.91 Å². The number of urea groups is 1. The third kappa shape index (κ3) is 6.39. The molecule has 3 amide bonds. The van der Waals surface area contributed by atoms with E-state index in [9.17, 15) is 9.59 Å². The summed E-state index contributed by atoms with van der Waals surface area (Å²) < 4.78 is 5.78. The van der Waals surface area contributed by atoms with E-state index in [0.29, 0.717) is 24.5 Å². The van der Waals surface area contributed by atoms with Crippen LogP contribution in [0.2, 0.25) is 0 Å². The van der Waals surface area contributed by atoms with Gasteiger partial charge in [0.15, 0.2) is 0 Å². The van der Waals surface area contributed by atoms with Crippen molar-refractivity contribution in [3.63, 3.8) is 0 Å². The molecule has 0 aromatic heterocycles. The molecule has 0 saturated carbocycles. The summed E-state index contributed by atoms with van der Waals surface area (Å²) in [5, 5.41) is 8.42. The highest BCUT2D eigenvalue weighted by atomic mass is 16.5. The summed E-state index contributed by atoms with van der Waals surface area (Å²) >= 11 is 0. The SMILES string of the molecule is CC(=O)Nc1cccc(CNC(=O)Nc2ccccc2COc2ccccc2)c1. The van der Waals surface area contributed by atoms with Crippen LogP contribution in [0.5, 0.6) is 5.75 Å². The normalized spacial score (nSPS) is 10.1. The van der Waals surface area contributed by atoms with E-state index < -0.39 is 0 Å². The van der Waals surface area contributed by atoms with Crippen LogP contribution in [0.1, 0.15) is 18.1 Å². The third-order valence-electron chi connectivity index (χ3n) is 4.10. The number of ether oxygens (including phenoxy) is 1. The van der Waals surface area contributed by atoms with Crippen molar-refractivity contribution in [1.82, 2.24) is 5.32 Å². The van der Waals surface area contributed by atoms with E-state index >= 15 is 0 Å². The number of hydrogen-bond donors (Lipinski definition) is 3. The van der Waals surface area contributed by atoms with Crippen LogP contribution in [0.15, 0.2) is 78.9 Å². The molecule has 0 spiro atoms. The molecule has 0 saturated heterocycles. The van der Waals surface area contributed by atoms with Gasteiger partial charge in [-0.05, 0) is 35.9 Å². The molecule has 3 aromatic carbocycles. The minimum atomic E-state index is -0.318. The highest BCUT2D eigenvalue weighted by molar-refractivity contribution is 5.90. The van der Waals surface area contributed by atoms with E-state index in [0.717, 1.165) is 16.9 Å². The van der Waals surface area contributed by atoms with E-state index in [1.54, 1.807) is 6.07 Å². The minimum absolute atomic E-state index is 0.137. The molecule has 3 rings (SSSR count). The number of anilines is 2. The first-order valence-corrected chi connectivity index (χ1v) is 9.27. The molecule has 0 fully saturated rings. The molecule has 0 aliphatic carbocycles. The van der Waals surface area contributed by atoms with E-state index in [1.807, 2.05) is 72.8 Å². The van der Waals surface area contributed by atoms with Crippen molar-refractivity contribution in [2.75, 3.05) is 10.6 Å². The van der Waals surface area contributed by atoms with Gasteiger partial charge in [0.05, 0.1) is 0 Å². The lowest BCUT2D eigenvalue weighted by Crippen LogP contribution is -2.28. The molecule has 0 heterocycles. The Hall–Kier alpha value is -3.80. The number of amides is 3. The number of benzene rings is 3. The Morgan fingerprint density at radius 3 is 2.41 bits per heavy atom. The fourth-order valence-electron chi connectivity index (χ4n) is 2.76. The molecule has 0 atom stereocenters. The summed E-state index contributed by atoms with van der Waals surface area (Å²) in [6.45, 7) is 2.14. The summed E-state index contributed by atoms with van der Waals surface area (Å²) in [7, 11) is 0. The van der Waals surface area contributed by atoms with Crippen molar-refractivity contribution in [2.45, 2.75) is 20.1 Å². The summed E-state index contributed by atoms with van der Waals surface area (Å²) in [4.78, 5) is 23.5. The quantitative estimate of drug-likeness (QED) is 0.555. The molecule has 0 unspecified atom stereocenters. The first-order chi connectivity index (χ1) is 14.1. The summed E-state index contributed by atoms with van der Waals surface area (Å²) in [6.07, 6.45) is 0. The summed E-state index contributed by atoms with van der Waals surface area (Å²) in [5.41, 5.74) is 3.14. The van der Waals surface area contributed by atoms with Gasteiger partial charge in [0.1, 0.15) is 12.4 Å². The van der Waals surface area contributed by atoms with Gasteiger partial charge in [0, 0.05) is 30.4 Å². The Kier molecular flexibility index (Phi) is 6.84. The highest BCUT2D eigenvalue weighted by Gasteiger charge is 2.07. The topological polar surface area (TPSA) is 79.5 Å². The van der Waals surface area contributed by atoms with Gasteiger partial charge in [0.25, 0.3) is 0 Å². The van der Waals surface area contributed by atoms with Crippen LogP contribution >= 0.6 is 0 Å². The van der Waals surface area contributed by atoms with Crippen molar-refractivity contribution >= 4 is 23.3 Å². The first-order valence-electron chi connectivity index (χ1n) is 9.27. The zero-order valence-electron chi connectivity index (χ0n) is 16.1. The number of nitrogens with one attached hydrogen (secondary N) is 3. The van der Waals surface area contributed by atoms with Crippen molar-refractivity contribution < 1.29 is 14.3 Å². The average molecular weight is 389 g/mol. The molecule has 29 heavy (non-hydrogen) atoms. The van der Waals surface area contributed by atoms with Gasteiger partial charge in [-0.15, -0.1) is 0 Å². The van der Waals surface area contributed by atoms with Gasteiger partial charge in [-0.3, -0.25) is 4.79 Å². The lowest BCUT2D eigenvalue weighted by Gasteiger charge is -2.13. The third-order valence-corrected chi connectivity index (χ3v) is 4.10. The second-order valence-corrected chi connectivity index (χ2v) is 6.45. The summed E-state index contributed by atoms with van der Waals surface area (Å²) in [5.74, 6) is 0.632. The predicted octanol–water partition coefficient (Wildman–Crippen LogP) is 4.55. The Bertz CT molecular complexity index is 974. The van der Waals surface area contributed by atoms with Gasteiger partial charge < -0.3 is 20.7 Å². The van der Waals surface area contributed by atoms with Crippen molar-refractivity contribution in [2.24, 2.45) is 0 Å². The van der Waals surface area contributed by atoms with Crippen LogP contribution in [0, 0.1) is 0 Å². The Morgan fingerprint density at radius 2 is 1.62 bits per heavy atom.